The maximum Gasteiger partial charge on any atom is 0.0290 e. The molecule has 1 rings (SSSR count). The van der Waals surface area contributed by atoms with Gasteiger partial charge in [0, 0.05) is 31.5 Å². The molecule has 4 nitrogen and oxygen atoms in total. The number of nitrogens with two attached hydrogens (primary N) is 2. The predicted molar refractivity (Wildman–Crippen MR) is 57.8 cm³/mol. The van der Waals surface area contributed by atoms with Crippen molar-refractivity contribution in [1.29, 1.82) is 0 Å². The fourth-order valence-corrected chi connectivity index (χ4v) is 1.15. The second kappa shape index (κ2) is 6.48. The van der Waals surface area contributed by atoms with Crippen molar-refractivity contribution >= 4 is 0 Å². The third-order valence-corrected chi connectivity index (χ3v) is 2.05. The summed E-state index contributed by atoms with van der Waals surface area (Å²) in [5, 5.41) is 3.26. The summed E-state index contributed by atoms with van der Waals surface area (Å²) < 4.78 is 0. The first-order valence-corrected chi connectivity index (χ1v) is 4.88. The molecular weight excluding hydrogens is 176 g/mol. The lowest BCUT2D eigenvalue weighted by Gasteiger charge is -2.09. The monoisotopic (exact) mass is 194 g/mol. The third kappa shape index (κ3) is 4.32. The minimum absolute atomic E-state index is 0.0624. The van der Waals surface area contributed by atoms with Gasteiger partial charge in [-0.2, -0.15) is 0 Å². The smallest absolute Gasteiger partial charge is 0.0290 e. The van der Waals surface area contributed by atoms with Gasteiger partial charge in [-0.3, -0.25) is 4.98 Å². The van der Waals surface area contributed by atoms with Gasteiger partial charge in [0.05, 0.1) is 0 Å². The number of hydrogen-bond donors (Lipinski definition) is 3. The molecule has 0 spiro atoms. The second-order valence-corrected chi connectivity index (χ2v) is 3.31. The molecule has 0 saturated carbocycles. The maximum atomic E-state index is 5.65. The molecule has 14 heavy (non-hydrogen) atoms. The van der Waals surface area contributed by atoms with Crippen molar-refractivity contribution in [3.63, 3.8) is 0 Å². The Morgan fingerprint density at radius 2 is 2.07 bits per heavy atom. The molecule has 1 unspecified atom stereocenters. The van der Waals surface area contributed by atoms with Crippen molar-refractivity contribution in [2.75, 3.05) is 19.6 Å². The summed E-state index contributed by atoms with van der Waals surface area (Å²) in [4.78, 5) is 3.96. The second-order valence-electron chi connectivity index (χ2n) is 3.31. The molecule has 0 saturated heterocycles. The summed E-state index contributed by atoms with van der Waals surface area (Å²) in [5.74, 6) is 0. The molecule has 1 heterocycles. The molecule has 0 bridgehead atoms. The largest absolute Gasteiger partial charge is 0.329 e. The van der Waals surface area contributed by atoms with Crippen LogP contribution in [0, 0.1) is 0 Å². The van der Waals surface area contributed by atoms with Crippen LogP contribution in [0.2, 0.25) is 0 Å². The van der Waals surface area contributed by atoms with Crippen LogP contribution in [0.1, 0.15) is 5.56 Å². The van der Waals surface area contributed by atoms with Crippen LogP contribution in [-0.4, -0.2) is 30.7 Å². The molecular formula is C10H18N4. The van der Waals surface area contributed by atoms with Gasteiger partial charge in [-0.15, -0.1) is 0 Å². The van der Waals surface area contributed by atoms with Crippen molar-refractivity contribution in [1.82, 2.24) is 10.3 Å². The summed E-state index contributed by atoms with van der Waals surface area (Å²) in [6, 6.07) is 4.10. The molecule has 78 valence electrons. The van der Waals surface area contributed by atoms with E-state index >= 15 is 0 Å². The average Bonchev–Trinajstić information content (AvgIpc) is 2.25. The number of hydrogen-bond acceptors (Lipinski definition) is 4. The van der Waals surface area contributed by atoms with Gasteiger partial charge >= 0.3 is 0 Å². The number of nitrogens with zero attached hydrogens (tertiary/aromatic N) is 1. The van der Waals surface area contributed by atoms with E-state index in [2.05, 4.69) is 10.3 Å². The van der Waals surface area contributed by atoms with Gasteiger partial charge in [0.25, 0.3) is 0 Å². The standard InChI is InChI=1S/C10H18N4/c11-7-10(12)8-14-6-3-9-1-4-13-5-2-9/h1-2,4-5,10,14H,3,6-8,11-12H2. The Kier molecular flexibility index (Phi) is 5.14. The maximum absolute atomic E-state index is 5.65. The Labute approximate surface area is 84.7 Å². The van der Waals surface area contributed by atoms with Gasteiger partial charge in [-0.1, -0.05) is 0 Å². The number of pyridine rings is 1. The molecule has 5 N–H and O–H groups in total. The zero-order valence-corrected chi connectivity index (χ0v) is 8.32. The fourth-order valence-electron chi connectivity index (χ4n) is 1.15. The first-order chi connectivity index (χ1) is 6.83. The molecule has 4 heteroatoms. The number of aromatic nitrogens is 1. The van der Waals surface area contributed by atoms with Gasteiger partial charge < -0.3 is 16.8 Å². The molecule has 1 aromatic rings. The van der Waals surface area contributed by atoms with Crippen LogP contribution in [0.15, 0.2) is 24.5 Å². The molecule has 1 aromatic heterocycles. The molecule has 0 aliphatic heterocycles. The summed E-state index contributed by atoms with van der Waals surface area (Å²) in [6.45, 7) is 2.24. The van der Waals surface area contributed by atoms with E-state index in [1.54, 1.807) is 12.4 Å². The predicted octanol–water partition coefficient (Wildman–Crippen LogP) is -0.500. The molecule has 0 aliphatic carbocycles. The van der Waals surface area contributed by atoms with Crippen LogP contribution < -0.4 is 16.8 Å². The summed E-state index contributed by atoms with van der Waals surface area (Å²) in [5.41, 5.74) is 12.3. The van der Waals surface area contributed by atoms with Gasteiger partial charge in [0.2, 0.25) is 0 Å². The van der Waals surface area contributed by atoms with E-state index in [0.29, 0.717) is 6.54 Å². The summed E-state index contributed by atoms with van der Waals surface area (Å²) >= 11 is 0. The third-order valence-electron chi connectivity index (χ3n) is 2.05. The van der Waals surface area contributed by atoms with Crippen molar-refractivity contribution in [2.24, 2.45) is 11.5 Å². The van der Waals surface area contributed by atoms with Crippen molar-refractivity contribution < 1.29 is 0 Å². The topological polar surface area (TPSA) is 77.0 Å². The van der Waals surface area contributed by atoms with Crippen molar-refractivity contribution in [3.05, 3.63) is 30.1 Å². The molecule has 0 radical (unpaired) electrons. The molecule has 0 amide bonds. The highest BCUT2D eigenvalue weighted by Gasteiger charge is 1.97. The molecule has 1 atom stereocenters. The highest BCUT2D eigenvalue weighted by molar-refractivity contribution is 5.09. The normalized spacial score (nSPS) is 12.7. The number of nitrogens with one attached hydrogen (secondary N) is 1. The van der Waals surface area contributed by atoms with Crippen LogP contribution in [-0.2, 0) is 6.42 Å². The van der Waals surface area contributed by atoms with E-state index in [1.165, 1.54) is 5.56 Å². The van der Waals surface area contributed by atoms with Crippen LogP contribution in [0.3, 0.4) is 0 Å². The SMILES string of the molecule is NCC(N)CNCCc1ccncc1. The minimum atomic E-state index is 0.0624. The van der Waals surface area contributed by atoms with Crippen molar-refractivity contribution in [3.8, 4) is 0 Å². The highest BCUT2D eigenvalue weighted by atomic mass is 14.9. The lowest BCUT2D eigenvalue weighted by atomic mass is 10.2. The summed E-state index contributed by atoms with van der Waals surface area (Å²) in [6.07, 6.45) is 4.61. The minimum Gasteiger partial charge on any atom is -0.329 e. The van der Waals surface area contributed by atoms with E-state index in [-0.39, 0.29) is 6.04 Å². The van der Waals surface area contributed by atoms with E-state index < -0.39 is 0 Å². The zero-order chi connectivity index (χ0) is 10.2. The quantitative estimate of drug-likeness (QED) is 0.534. The zero-order valence-electron chi connectivity index (χ0n) is 8.32. The van der Waals surface area contributed by atoms with Crippen LogP contribution in [0.5, 0.6) is 0 Å². The fraction of sp³-hybridized carbons (Fsp3) is 0.500. The van der Waals surface area contributed by atoms with Crippen LogP contribution >= 0.6 is 0 Å². The van der Waals surface area contributed by atoms with Gasteiger partial charge in [-0.25, -0.2) is 0 Å². The Balaban J connectivity index is 2.10. The van der Waals surface area contributed by atoms with E-state index in [9.17, 15) is 0 Å². The number of rotatable bonds is 6. The Morgan fingerprint density at radius 3 is 2.71 bits per heavy atom. The first-order valence-electron chi connectivity index (χ1n) is 4.88. The Morgan fingerprint density at radius 1 is 1.36 bits per heavy atom. The highest BCUT2D eigenvalue weighted by Crippen LogP contribution is 1.95. The van der Waals surface area contributed by atoms with E-state index in [0.717, 1.165) is 19.5 Å². The van der Waals surface area contributed by atoms with Gasteiger partial charge in [0.1, 0.15) is 0 Å². The lowest BCUT2D eigenvalue weighted by Crippen LogP contribution is -2.40. The summed E-state index contributed by atoms with van der Waals surface area (Å²) in [7, 11) is 0. The van der Waals surface area contributed by atoms with E-state index in [4.69, 9.17) is 11.5 Å². The first kappa shape index (κ1) is 11.1. The average molecular weight is 194 g/mol. The lowest BCUT2D eigenvalue weighted by molar-refractivity contribution is 0.583. The molecule has 0 aromatic carbocycles. The van der Waals surface area contributed by atoms with E-state index in [1.807, 2.05) is 12.1 Å². The molecule has 0 fully saturated rings. The van der Waals surface area contributed by atoms with Crippen LogP contribution in [0.4, 0.5) is 0 Å². The van der Waals surface area contributed by atoms with Crippen molar-refractivity contribution in [2.45, 2.75) is 12.5 Å². The Bertz CT molecular complexity index is 237. The van der Waals surface area contributed by atoms with Gasteiger partial charge in [-0.05, 0) is 30.7 Å². The molecule has 0 aliphatic rings. The van der Waals surface area contributed by atoms with Crippen LogP contribution in [0.25, 0.3) is 0 Å². The Hall–Kier alpha value is -0.970. The van der Waals surface area contributed by atoms with Gasteiger partial charge in [0.15, 0.2) is 0 Å².